The number of anilines is 1. The van der Waals surface area contributed by atoms with Gasteiger partial charge >= 0.3 is 0 Å². The molecule has 1 amide bonds. The van der Waals surface area contributed by atoms with Gasteiger partial charge in [-0.1, -0.05) is 20.8 Å². The van der Waals surface area contributed by atoms with Crippen molar-refractivity contribution in [2.24, 2.45) is 5.41 Å². The average molecular weight is 314 g/mol. The predicted octanol–water partition coefficient (Wildman–Crippen LogP) is 2.87. The van der Waals surface area contributed by atoms with Crippen LogP contribution in [-0.4, -0.2) is 28.9 Å². The number of pyridine rings is 1. The lowest BCUT2D eigenvalue weighted by atomic mass is 9.70. The van der Waals surface area contributed by atoms with Gasteiger partial charge < -0.3 is 10.6 Å². The van der Waals surface area contributed by atoms with E-state index >= 15 is 0 Å². The highest BCUT2D eigenvalue weighted by Crippen LogP contribution is 2.40. The molecule has 0 bridgehead atoms. The lowest BCUT2D eigenvalue weighted by Gasteiger charge is -2.40. The number of carbonyl (C=O) groups is 1. The van der Waals surface area contributed by atoms with Gasteiger partial charge in [0.25, 0.3) is 0 Å². The van der Waals surface area contributed by atoms with E-state index in [-0.39, 0.29) is 17.4 Å². The molecule has 5 nitrogen and oxygen atoms in total. The number of hydrogen-bond donors (Lipinski definition) is 1. The van der Waals surface area contributed by atoms with Gasteiger partial charge in [0.2, 0.25) is 5.91 Å². The van der Waals surface area contributed by atoms with Crippen LogP contribution in [0.4, 0.5) is 5.69 Å². The van der Waals surface area contributed by atoms with E-state index in [9.17, 15) is 10.1 Å². The third-order valence-corrected chi connectivity index (χ3v) is 4.81. The Labute approximate surface area is 138 Å². The number of amides is 1. The van der Waals surface area contributed by atoms with Crippen LogP contribution < -0.4 is 5.73 Å². The Morgan fingerprint density at radius 3 is 2.43 bits per heavy atom. The molecule has 0 saturated heterocycles. The molecule has 0 unspecified atom stereocenters. The van der Waals surface area contributed by atoms with Crippen molar-refractivity contribution in [3.8, 4) is 6.07 Å². The Morgan fingerprint density at radius 1 is 1.39 bits per heavy atom. The molecule has 1 aromatic rings. The fourth-order valence-electron chi connectivity index (χ4n) is 3.29. The van der Waals surface area contributed by atoms with E-state index in [1.165, 1.54) is 0 Å². The standard InChI is InChI=1S/C18H26N4O/c1-17(2,3)16(23)22(4)14-7-9-18(12-19,10-8-14)15-6-5-13(20)11-21-15/h5-6,11,14H,7-10,20H2,1-4H3/t14-,18+. The summed E-state index contributed by atoms with van der Waals surface area (Å²) in [6, 6.07) is 6.30. The number of hydrogen-bond acceptors (Lipinski definition) is 4. The zero-order valence-corrected chi connectivity index (χ0v) is 14.5. The van der Waals surface area contributed by atoms with Gasteiger partial charge in [-0.05, 0) is 37.8 Å². The zero-order chi connectivity index (χ0) is 17.3. The molecule has 1 heterocycles. The number of aromatic nitrogens is 1. The molecule has 2 N–H and O–H groups in total. The maximum absolute atomic E-state index is 12.4. The molecule has 5 heteroatoms. The summed E-state index contributed by atoms with van der Waals surface area (Å²) in [7, 11) is 1.87. The summed E-state index contributed by atoms with van der Waals surface area (Å²) in [5.41, 5.74) is 6.14. The number of nitrogens with two attached hydrogens (primary N) is 1. The monoisotopic (exact) mass is 314 g/mol. The third-order valence-electron chi connectivity index (χ3n) is 4.81. The lowest BCUT2D eigenvalue weighted by molar-refractivity contribution is -0.141. The molecule has 0 aromatic carbocycles. The second kappa shape index (κ2) is 6.19. The second-order valence-electron chi connectivity index (χ2n) is 7.57. The van der Waals surface area contributed by atoms with E-state index in [1.54, 1.807) is 12.3 Å². The molecule has 0 spiro atoms. The van der Waals surface area contributed by atoms with Crippen molar-refractivity contribution in [2.45, 2.75) is 57.9 Å². The molecule has 1 aliphatic rings. The van der Waals surface area contributed by atoms with Gasteiger partial charge in [0.1, 0.15) is 0 Å². The van der Waals surface area contributed by atoms with E-state index in [1.807, 2.05) is 38.8 Å². The minimum Gasteiger partial charge on any atom is -0.397 e. The van der Waals surface area contributed by atoms with Gasteiger partial charge in [0, 0.05) is 18.5 Å². The Kier molecular flexibility index (Phi) is 4.65. The second-order valence-corrected chi connectivity index (χ2v) is 7.57. The summed E-state index contributed by atoms with van der Waals surface area (Å²) in [4.78, 5) is 18.7. The average Bonchev–Trinajstić information content (AvgIpc) is 2.53. The van der Waals surface area contributed by atoms with Gasteiger partial charge in [-0.15, -0.1) is 0 Å². The van der Waals surface area contributed by atoms with Crippen LogP contribution in [0.5, 0.6) is 0 Å². The minimum atomic E-state index is -0.560. The number of nitrogens with zero attached hydrogens (tertiary/aromatic N) is 3. The van der Waals surface area contributed by atoms with Crippen LogP contribution in [0.2, 0.25) is 0 Å². The summed E-state index contributed by atoms with van der Waals surface area (Å²) in [5.74, 6) is 0.151. The zero-order valence-electron chi connectivity index (χ0n) is 14.5. The fourth-order valence-corrected chi connectivity index (χ4v) is 3.29. The largest absolute Gasteiger partial charge is 0.397 e. The molecular weight excluding hydrogens is 288 g/mol. The molecule has 1 fully saturated rings. The van der Waals surface area contributed by atoms with Gasteiger partial charge in [-0.2, -0.15) is 5.26 Å². The Morgan fingerprint density at radius 2 is 2.00 bits per heavy atom. The molecule has 1 aliphatic carbocycles. The van der Waals surface area contributed by atoms with Gasteiger partial charge in [-0.25, -0.2) is 0 Å². The molecule has 2 rings (SSSR count). The van der Waals surface area contributed by atoms with Crippen molar-refractivity contribution in [1.29, 1.82) is 5.26 Å². The van der Waals surface area contributed by atoms with Crippen LogP contribution in [0.15, 0.2) is 18.3 Å². The van der Waals surface area contributed by atoms with E-state index in [0.29, 0.717) is 18.5 Å². The predicted molar refractivity (Wildman–Crippen MR) is 90.4 cm³/mol. The highest BCUT2D eigenvalue weighted by molar-refractivity contribution is 5.81. The first kappa shape index (κ1) is 17.3. The lowest BCUT2D eigenvalue weighted by Crippen LogP contribution is -2.46. The fraction of sp³-hybridized carbons (Fsp3) is 0.611. The first-order valence-electron chi connectivity index (χ1n) is 8.10. The molecule has 0 aliphatic heterocycles. The van der Waals surface area contributed by atoms with Gasteiger partial charge in [-0.3, -0.25) is 9.78 Å². The minimum absolute atomic E-state index is 0.151. The summed E-state index contributed by atoms with van der Waals surface area (Å²) in [6.07, 6.45) is 4.67. The Balaban J connectivity index is 2.11. The molecule has 0 radical (unpaired) electrons. The van der Waals surface area contributed by atoms with E-state index in [0.717, 1.165) is 18.5 Å². The molecular formula is C18H26N4O. The SMILES string of the molecule is CN(C(=O)C(C)(C)C)[C@H]1CC[C@@](C#N)(c2ccc(N)cn2)CC1. The molecule has 1 saturated carbocycles. The van der Waals surface area contributed by atoms with Crippen LogP contribution in [0.3, 0.4) is 0 Å². The highest BCUT2D eigenvalue weighted by atomic mass is 16.2. The quantitative estimate of drug-likeness (QED) is 0.910. The van der Waals surface area contributed by atoms with Crippen LogP contribution >= 0.6 is 0 Å². The van der Waals surface area contributed by atoms with Crippen LogP contribution in [0.1, 0.15) is 52.1 Å². The van der Waals surface area contributed by atoms with E-state index < -0.39 is 5.41 Å². The van der Waals surface area contributed by atoms with E-state index in [2.05, 4.69) is 11.1 Å². The summed E-state index contributed by atoms with van der Waals surface area (Å²) >= 11 is 0. The van der Waals surface area contributed by atoms with Crippen molar-refractivity contribution >= 4 is 11.6 Å². The van der Waals surface area contributed by atoms with Crippen molar-refractivity contribution in [2.75, 3.05) is 12.8 Å². The number of nitrogen functional groups attached to an aromatic ring is 1. The summed E-state index contributed by atoms with van der Waals surface area (Å²) in [5, 5.41) is 9.73. The van der Waals surface area contributed by atoms with Crippen LogP contribution in [-0.2, 0) is 10.2 Å². The number of nitriles is 1. The maximum Gasteiger partial charge on any atom is 0.227 e. The van der Waals surface area contributed by atoms with Crippen LogP contribution in [0, 0.1) is 16.7 Å². The van der Waals surface area contributed by atoms with Crippen molar-refractivity contribution < 1.29 is 4.79 Å². The number of rotatable bonds is 2. The molecule has 1 aromatic heterocycles. The van der Waals surface area contributed by atoms with Crippen LogP contribution in [0.25, 0.3) is 0 Å². The van der Waals surface area contributed by atoms with Crippen molar-refractivity contribution in [3.63, 3.8) is 0 Å². The van der Waals surface area contributed by atoms with Crippen molar-refractivity contribution in [1.82, 2.24) is 9.88 Å². The van der Waals surface area contributed by atoms with Gasteiger partial charge in [0.15, 0.2) is 0 Å². The smallest absolute Gasteiger partial charge is 0.227 e. The molecule has 124 valence electrons. The summed E-state index contributed by atoms with van der Waals surface area (Å²) in [6.45, 7) is 5.81. The highest BCUT2D eigenvalue weighted by Gasteiger charge is 2.41. The topological polar surface area (TPSA) is 83.0 Å². The van der Waals surface area contributed by atoms with Crippen molar-refractivity contribution in [3.05, 3.63) is 24.0 Å². The molecule has 0 atom stereocenters. The summed E-state index contributed by atoms with van der Waals surface area (Å²) < 4.78 is 0. The first-order chi connectivity index (χ1) is 10.7. The van der Waals surface area contributed by atoms with Gasteiger partial charge in [0.05, 0.1) is 29.1 Å². The molecule has 23 heavy (non-hydrogen) atoms. The first-order valence-corrected chi connectivity index (χ1v) is 8.10. The third kappa shape index (κ3) is 3.47. The Bertz CT molecular complexity index is 601. The normalized spacial score (nSPS) is 24.7. The van der Waals surface area contributed by atoms with E-state index in [4.69, 9.17) is 5.73 Å². The maximum atomic E-state index is 12.4. The number of carbonyl (C=O) groups excluding carboxylic acids is 1. The Hall–Kier alpha value is -2.09.